The number of ether oxygens (including phenoxy) is 1. The van der Waals surface area contributed by atoms with Crippen LogP contribution in [-0.2, 0) is 11.3 Å². The average molecular weight is 246 g/mol. The van der Waals surface area contributed by atoms with Crippen LogP contribution >= 0.6 is 12.4 Å². The van der Waals surface area contributed by atoms with Crippen molar-refractivity contribution in [3.8, 4) is 0 Å². The Bertz CT molecular complexity index is 403. The fourth-order valence-electron chi connectivity index (χ4n) is 2.09. The molecule has 2 heterocycles. The number of carbonyl (C=O) groups is 1. The fourth-order valence-corrected chi connectivity index (χ4v) is 2.09. The topological polar surface area (TPSA) is 56.1 Å². The number of nitrogens with one attached hydrogen (secondary N) is 1. The summed E-state index contributed by atoms with van der Waals surface area (Å²) in [7, 11) is 1.38. The number of methoxy groups -OCH3 is 1. The van der Waals surface area contributed by atoms with Gasteiger partial charge < -0.3 is 14.6 Å². The van der Waals surface area contributed by atoms with Gasteiger partial charge in [0.1, 0.15) is 5.82 Å². The number of hydrogen-bond acceptors (Lipinski definition) is 4. The third-order valence-corrected chi connectivity index (χ3v) is 2.74. The minimum Gasteiger partial charge on any atom is -0.464 e. The number of fused-ring (bicyclic) bond motifs is 1. The zero-order valence-corrected chi connectivity index (χ0v) is 10.4. The van der Waals surface area contributed by atoms with Gasteiger partial charge in [-0.15, -0.1) is 12.4 Å². The highest BCUT2D eigenvalue weighted by atomic mass is 35.5. The maximum absolute atomic E-state index is 11.5. The van der Waals surface area contributed by atoms with Crippen molar-refractivity contribution in [2.45, 2.75) is 26.4 Å². The van der Waals surface area contributed by atoms with Gasteiger partial charge in [0.05, 0.1) is 12.8 Å². The van der Waals surface area contributed by atoms with Gasteiger partial charge in [0.2, 0.25) is 0 Å². The summed E-state index contributed by atoms with van der Waals surface area (Å²) in [4.78, 5) is 15.7. The Kier molecular flexibility index (Phi) is 3.93. The van der Waals surface area contributed by atoms with Crippen molar-refractivity contribution in [3.63, 3.8) is 0 Å². The average Bonchev–Trinajstić information content (AvgIpc) is 2.56. The molecule has 16 heavy (non-hydrogen) atoms. The van der Waals surface area contributed by atoms with Crippen LogP contribution in [0.2, 0.25) is 0 Å². The van der Waals surface area contributed by atoms with Crippen LogP contribution in [0.5, 0.6) is 0 Å². The molecule has 2 rings (SSSR count). The standard InChI is InChI=1S/C10H15N3O2.ClH/c1-6-4-11-5-8-9(10(14)15-3)12-7(2)13(6)8;/h6,11H,4-5H2,1-3H3;1H/t6-;/m1./s1. The molecular weight excluding hydrogens is 230 g/mol. The van der Waals surface area contributed by atoms with Crippen molar-refractivity contribution in [2.24, 2.45) is 0 Å². The number of imidazole rings is 1. The zero-order valence-electron chi connectivity index (χ0n) is 9.61. The summed E-state index contributed by atoms with van der Waals surface area (Å²) in [5.41, 5.74) is 1.37. The van der Waals surface area contributed by atoms with E-state index in [1.165, 1.54) is 7.11 Å². The molecule has 1 aliphatic heterocycles. The normalized spacial score (nSPS) is 18.6. The third-order valence-electron chi connectivity index (χ3n) is 2.74. The molecule has 1 aromatic heterocycles. The molecule has 1 atom stereocenters. The molecule has 0 fully saturated rings. The second-order valence-electron chi connectivity index (χ2n) is 3.80. The van der Waals surface area contributed by atoms with E-state index in [9.17, 15) is 4.79 Å². The van der Waals surface area contributed by atoms with Crippen molar-refractivity contribution in [3.05, 3.63) is 17.2 Å². The van der Waals surface area contributed by atoms with E-state index in [-0.39, 0.29) is 18.4 Å². The van der Waals surface area contributed by atoms with Crippen LogP contribution in [0.15, 0.2) is 0 Å². The minimum absolute atomic E-state index is 0. The summed E-state index contributed by atoms with van der Waals surface area (Å²) in [6, 6.07) is 0.333. The van der Waals surface area contributed by atoms with Gasteiger partial charge in [0.15, 0.2) is 5.69 Å². The Morgan fingerprint density at radius 1 is 1.62 bits per heavy atom. The van der Waals surface area contributed by atoms with Crippen LogP contribution in [0.1, 0.15) is 35.0 Å². The SMILES string of the molecule is COC(=O)c1nc(C)n2c1CNC[C@H]2C.Cl. The maximum Gasteiger partial charge on any atom is 0.358 e. The lowest BCUT2D eigenvalue weighted by Gasteiger charge is -2.24. The Morgan fingerprint density at radius 3 is 2.94 bits per heavy atom. The molecule has 0 aliphatic carbocycles. The van der Waals surface area contributed by atoms with E-state index in [0.717, 1.165) is 18.1 Å². The first-order valence-corrected chi connectivity index (χ1v) is 5.02. The molecule has 5 nitrogen and oxygen atoms in total. The Labute approximate surface area is 101 Å². The first kappa shape index (κ1) is 13.0. The molecule has 0 amide bonds. The van der Waals surface area contributed by atoms with Crippen LogP contribution in [0, 0.1) is 6.92 Å². The Balaban J connectivity index is 0.00000128. The molecule has 0 bridgehead atoms. The van der Waals surface area contributed by atoms with E-state index in [4.69, 9.17) is 4.74 Å². The van der Waals surface area contributed by atoms with Crippen molar-refractivity contribution in [1.29, 1.82) is 0 Å². The van der Waals surface area contributed by atoms with E-state index < -0.39 is 0 Å². The van der Waals surface area contributed by atoms with Crippen LogP contribution in [0.3, 0.4) is 0 Å². The van der Waals surface area contributed by atoms with Gasteiger partial charge in [0.25, 0.3) is 0 Å². The van der Waals surface area contributed by atoms with Crippen molar-refractivity contribution >= 4 is 18.4 Å². The first-order valence-electron chi connectivity index (χ1n) is 5.02. The lowest BCUT2D eigenvalue weighted by Crippen LogP contribution is -2.32. The number of esters is 1. The molecular formula is C10H16ClN3O2. The number of halogens is 1. The van der Waals surface area contributed by atoms with E-state index in [1.54, 1.807) is 0 Å². The van der Waals surface area contributed by atoms with Gasteiger partial charge in [-0.2, -0.15) is 0 Å². The number of nitrogens with zero attached hydrogens (tertiary/aromatic N) is 2. The minimum atomic E-state index is -0.359. The highest BCUT2D eigenvalue weighted by molar-refractivity contribution is 5.88. The summed E-state index contributed by atoms with van der Waals surface area (Å²) in [6.07, 6.45) is 0. The molecule has 0 unspecified atom stereocenters. The number of rotatable bonds is 1. The van der Waals surface area contributed by atoms with Crippen molar-refractivity contribution < 1.29 is 9.53 Å². The number of carbonyl (C=O) groups excluding carboxylic acids is 1. The molecule has 0 saturated heterocycles. The highest BCUT2D eigenvalue weighted by Gasteiger charge is 2.26. The predicted molar refractivity (Wildman–Crippen MR) is 62.0 cm³/mol. The van der Waals surface area contributed by atoms with Gasteiger partial charge in [-0.1, -0.05) is 0 Å². The van der Waals surface area contributed by atoms with E-state index in [0.29, 0.717) is 18.3 Å². The Morgan fingerprint density at radius 2 is 2.31 bits per heavy atom. The molecule has 1 aliphatic rings. The lowest BCUT2D eigenvalue weighted by atomic mass is 10.2. The smallest absolute Gasteiger partial charge is 0.358 e. The summed E-state index contributed by atoms with van der Waals surface area (Å²) < 4.78 is 6.81. The van der Waals surface area contributed by atoms with Gasteiger partial charge in [-0.3, -0.25) is 0 Å². The lowest BCUT2D eigenvalue weighted by molar-refractivity contribution is 0.0592. The van der Waals surface area contributed by atoms with Crippen LogP contribution in [0.4, 0.5) is 0 Å². The van der Waals surface area contributed by atoms with Crippen LogP contribution in [0.25, 0.3) is 0 Å². The molecule has 0 radical (unpaired) electrons. The fraction of sp³-hybridized carbons (Fsp3) is 0.600. The van der Waals surface area contributed by atoms with Crippen molar-refractivity contribution in [1.82, 2.24) is 14.9 Å². The molecule has 1 N–H and O–H groups in total. The first-order chi connectivity index (χ1) is 7.15. The second-order valence-corrected chi connectivity index (χ2v) is 3.80. The van der Waals surface area contributed by atoms with E-state index in [2.05, 4.69) is 21.8 Å². The van der Waals surface area contributed by atoms with Gasteiger partial charge in [-0.25, -0.2) is 9.78 Å². The number of aromatic nitrogens is 2. The quantitative estimate of drug-likeness (QED) is 0.752. The second kappa shape index (κ2) is 4.84. The molecule has 0 aromatic carbocycles. The van der Waals surface area contributed by atoms with E-state index in [1.807, 2.05) is 6.92 Å². The largest absolute Gasteiger partial charge is 0.464 e. The maximum atomic E-state index is 11.5. The third kappa shape index (κ3) is 1.92. The van der Waals surface area contributed by atoms with Crippen molar-refractivity contribution in [2.75, 3.05) is 13.7 Å². The summed E-state index contributed by atoms with van der Waals surface area (Å²) in [5.74, 6) is 0.516. The predicted octanol–water partition coefficient (Wildman–Crippen LogP) is 1.06. The monoisotopic (exact) mass is 245 g/mol. The van der Waals surface area contributed by atoms with Crippen LogP contribution < -0.4 is 5.32 Å². The molecule has 6 heteroatoms. The molecule has 0 spiro atoms. The molecule has 90 valence electrons. The number of hydrogen-bond donors (Lipinski definition) is 1. The number of aryl methyl sites for hydroxylation is 1. The summed E-state index contributed by atoms with van der Waals surface area (Å²) in [5, 5.41) is 3.25. The van der Waals surface area contributed by atoms with Gasteiger partial charge in [-0.05, 0) is 13.8 Å². The molecule has 0 saturated carbocycles. The van der Waals surface area contributed by atoms with Gasteiger partial charge in [0, 0.05) is 19.1 Å². The summed E-state index contributed by atoms with van der Waals surface area (Å²) >= 11 is 0. The highest BCUT2D eigenvalue weighted by Crippen LogP contribution is 2.21. The zero-order chi connectivity index (χ0) is 11.0. The molecule has 1 aromatic rings. The van der Waals surface area contributed by atoms with Gasteiger partial charge >= 0.3 is 5.97 Å². The van der Waals surface area contributed by atoms with E-state index >= 15 is 0 Å². The van der Waals surface area contributed by atoms with Crippen LogP contribution in [-0.4, -0.2) is 29.2 Å². The summed E-state index contributed by atoms with van der Waals surface area (Å²) in [6.45, 7) is 5.60. The Hall–Kier alpha value is -1.07.